The summed E-state index contributed by atoms with van der Waals surface area (Å²) in [6.45, 7) is 7.15. The molecule has 2 aromatic rings. The van der Waals surface area contributed by atoms with Crippen LogP contribution in [0.3, 0.4) is 0 Å². The van der Waals surface area contributed by atoms with Crippen molar-refractivity contribution in [2.24, 2.45) is 0 Å². The molecule has 0 aliphatic rings. The molecule has 0 fully saturated rings. The van der Waals surface area contributed by atoms with Crippen LogP contribution in [0.15, 0.2) is 30.3 Å². The minimum absolute atomic E-state index is 0.186. The van der Waals surface area contributed by atoms with Crippen LogP contribution in [0.1, 0.15) is 26.6 Å². The van der Waals surface area contributed by atoms with E-state index in [0.29, 0.717) is 0 Å². The summed E-state index contributed by atoms with van der Waals surface area (Å²) in [4.78, 5) is 4.54. The first-order valence-electron chi connectivity index (χ1n) is 5.87. The molecule has 0 saturated carbocycles. The number of hydrogen-bond donors (Lipinski definition) is 2. The van der Waals surface area contributed by atoms with Crippen LogP contribution >= 0.6 is 0 Å². The van der Waals surface area contributed by atoms with Crippen LogP contribution < -0.4 is 5.32 Å². The van der Waals surface area contributed by atoms with Crippen LogP contribution in [0, 0.1) is 0 Å². The Morgan fingerprint density at radius 3 is 2.59 bits per heavy atom. The van der Waals surface area contributed by atoms with Crippen molar-refractivity contribution in [1.29, 1.82) is 0 Å². The molecule has 90 valence electrons. The Bertz CT molecular complexity index is 473. The summed E-state index contributed by atoms with van der Waals surface area (Å²) < 4.78 is 0. The standard InChI is InChI=1S/C13H18N4/c1-4-14-13(2,3)12-15-11(16-17-12)10-8-6-5-7-9-10/h5-9,14H,4H2,1-3H3,(H,15,16,17). The van der Waals surface area contributed by atoms with Crippen molar-refractivity contribution in [3.63, 3.8) is 0 Å². The van der Waals surface area contributed by atoms with Gasteiger partial charge in [-0.3, -0.25) is 5.10 Å². The molecule has 0 amide bonds. The molecule has 0 spiro atoms. The topological polar surface area (TPSA) is 53.6 Å². The van der Waals surface area contributed by atoms with Gasteiger partial charge in [0.25, 0.3) is 0 Å². The van der Waals surface area contributed by atoms with Gasteiger partial charge in [-0.25, -0.2) is 4.98 Å². The SMILES string of the molecule is CCNC(C)(C)c1nc(-c2ccccc2)n[nH]1. The molecule has 17 heavy (non-hydrogen) atoms. The third kappa shape index (κ3) is 2.53. The number of H-pyrrole nitrogens is 1. The van der Waals surface area contributed by atoms with E-state index in [-0.39, 0.29) is 5.54 Å². The van der Waals surface area contributed by atoms with Gasteiger partial charge in [-0.15, -0.1) is 0 Å². The fraction of sp³-hybridized carbons (Fsp3) is 0.385. The second-order valence-corrected chi connectivity index (χ2v) is 4.53. The lowest BCUT2D eigenvalue weighted by molar-refractivity contribution is 0.392. The summed E-state index contributed by atoms with van der Waals surface area (Å²) in [5.41, 5.74) is 0.844. The van der Waals surface area contributed by atoms with Gasteiger partial charge < -0.3 is 5.32 Å². The van der Waals surface area contributed by atoms with Crippen LogP contribution in [0.2, 0.25) is 0 Å². The van der Waals surface area contributed by atoms with Crippen LogP contribution in [0.4, 0.5) is 0 Å². The number of hydrogen-bond acceptors (Lipinski definition) is 3. The molecule has 1 aromatic carbocycles. The maximum Gasteiger partial charge on any atom is 0.181 e. The summed E-state index contributed by atoms with van der Waals surface area (Å²) in [5, 5.41) is 10.6. The van der Waals surface area contributed by atoms with Crippen molar-refractivity contribution in [3.05, 3.63) is 36.2 Å². The van der Waals surface area contributed by atoms with Crippen LogP contribution in [-0.4, -0.2) is 21.7 Å². The molecule has 0 aliphatic carbocycles. The molecule has 4 nitrogen and oxygen atoms in total. The highest BCUT2D eigenvalue weighted by Gasteiger charge is 2.23. The lowest BCUT2D eigenvalue weighted by Crippen LogP contribution is -2.37. The number of rotatable bonds is 4. The second kappa shape index (κ2) is 4.67. The summed E-state index contributed by atoms with van der Waals surface area (Å²) in [6.07, 6.45) is 0. The monoisotopic (exact) mass is 230 g/mol. The summed E-state index contributed by atoms with van der Waals surface area (Å²) in [6, 6.07) is 9.97. The maximum atomic E-state index is 4.54. The summed E-state index contributed by atoms with van der Waals surface area (Å²) in [5.74, 6) is 1.60. The molecule has 1 aromatic heterocycles. The zero-order chi connectivity index (χ0) is 12.3. The van der Waals surface area contributed by atoms with Crippen LogP contribution in [-0.2, 0) is 5.54 Å². The van der Waals surface area contributed by atoms with E-state index in [1.54, 1.807) is 0 Å². The average Bonchev–Trinajstić information content (AvgIpc) is 2.80. The molecule has 0 unspecified atom stereocenters. The smallest absolute Gasteiger partial charge is 0.181 e. The summed E-state index contributed by atoms with van der Waals surface area (Å²) in [7, 11) is 0. The van der Waals surface area contributed by atoms with Gasteiger partial charge in [0.2, 0.25) is 0 Å². The highest BCUT2D eigenvalue weighted by molar-refractivity contribution is 5.53. The minimum Gasteiger partial charge on any atom is -0.306 e. The quantitative estimate of drug-likeness (QED) is 0.847. The number of aromatic amines is 1. The molecule has 0 aliphatic heterocycles. The fourth-order valence-electron chi connectivity index (χ4n) is 1.78. The van der Waals surface area contributed by atoms with E-state index in [1.807, 2.05) is 30.3 Å². The predicted molar refractivity (Wildman–Crippen MR) is 68.5 cm³/mol. The van der Waals surface area contributed by atoms with E-state index < -0.39 is 0 Å². The maximum absolute atomic E-state index is 4.54. The first kappa shape index (κ1) is 11.8. The van der Waals surface area contributed by atoms with Crippen molar-refractivity contribution in [3.8, 4) is 11.4 Å². The van der Waals surface area contributed by atoms with Gasteiger partial charge >= 0.3 is 0 Å². The van der Waals surface area contributed by atoms with E-state index in [4.69, 9.17) is 0 Å². The molecule has 0 saturated heterocycles. The van der Waals surface area contributed by atoms with Crippen molar-refractivity contribution in [2.45, 2.75) is 26.3 Å². The van der Waals surface area contributed by atoms with Gasteiger partial charge in [-0.1, -0.05) is 37.3 Å². The third-order valence-corrected chi connectivity index (χ3v) is 2.73. The van der Waals surface area contributed by atoms with Crippen molar-refractivity contribution in [1.82, 2.24) is 20.5 Å². The number of aromatic nitrogens is 3. The molecular formula is C13H18N4. The Kier molecular flexibility index (Phi) is 3.24. The van der Waals surface area contributed by atoms with E-state index >= 15 is 0 Å². The average molecular weight is 230 g/mol. The fourth-order valence-corrected chi connectivity index (χ4v) is 1.78. The first-order chi connectivity index (χ1) is 8.13. The van der Waals surface area contributed by atoms with Crippen molar-refractivity contribution < 1.29 is 0 Å². The van der Waals surface area contributed by atoms with Crippen LogP contribution in [0.25, 0.3) is 11.4 Å². The van der Waals surface area contributed by atoms with Crippen LogP contribution in [0.5, 0.6) is 0 Å². The lowest BCUT2D eigenvalue weighted by Gasteiger charge is -2.22. The lowest BCUT2D eigenvalue weighted by atomic mass is 10.1. The van der Waals surface area contributed by atoms with E-state index in [0.717, 1.165) is 23.8 Å². The van der Waals surface area contributed by atoms with Gasteiger partial charge in [0.05, 0.1) is 5.54 Å². The number of nitrogens with one attached hydrogen (secondary N) is 2. The Morgan fingerprint density at radius 2 is 1.94 bits per heavy atom. The molecule has 0 atom stereocenters. The third-order valence-electron chi connectivity index (χ3n) is 2.73. The molecule has 2 N–H and O–H groups in total. The van der Waals surface area contributed by atoms with Gasteiger partial charge in [0.1, 0.15) is 5.82 Å². The highest BCUT2D eigenvalue weighted by atomic mass is 15.2. The second-order valence-electron chi connectivity index (χ2n) is 4.53. The summed E-state index contributed by atoms with van der Waals surface area (Å²) >= 11 is 0. The first-order valence-corrected chi connectivity index (χ1v) is 5.87. The largest absolute Gasteiger partial charge is 0.306 e. The zero-order valence-electron chi connectivity index (χ0n) is 10.5. The van der Waals surface area contributed by atoms with Gasteiger partial charge in [-0.05, 0) is 20.4 Å². The van der Waals surface area contributed by atoms with Crippen molar-refractivity contribution in [2.75, 3.05) is 6.54 Å². The molecular weight excluding hydrogens is 212 g/mol. The normalized spacial score (nSPS) is 11.7. The highest BCUT2D eigenvalue weighted by Crippen LogP contribution is 2.19. The Labute approximate surface area is 101 Å². The van der Waals surface area contributed by atoms with Gasteiger partial charge in [0.15, 0.2) is 5.82 Å². The molecule has 0 bridgehead atoms. The van der Waals surface area contributed by atoms with Gasteiger partial charge in [-0.2, -0.15) is 5.10 Å². The molecule has 1 heterocycles. The minimum atomic E-state index is -0.186. The van der Waals surface area contributed by atoms with E-state index in [2.05, 4.69) is 41.3 Å². The molecule has 4 heteroatoms. The molecule has 0 radical (unpaired) electrons. The van der Waals surface area contributed by atoms with E-state index in [9.17, 15) is 0 Å². The Balaban J connectivity index is 2.28. The van der Waals surface area contributed by atoms with E-state index in [1.165, 1.54) is 0 Å². The van der Waals surface area contributed by atoms with Crippen molar-refractivity contribution >= 4 is 0 Å². The Hall–Kier alpha value is -1.68. The predicted octanol–water partition coefficient (Wildman–Crippen LogP) is 2.32. The van der Waals surface area contributed by atoms with Gasteiger partial charge in [0, 0.05) is 5.56 Å². The Morgan fingerprint density at radius 1 is 1.24 bits per heavy atom. The molecule has 2 rings (SSSR count). The number of benzene rings is 1. The zero-order valence-corrected chi connectivity index (χ0v) is 10.5. The number of nitrogens with zero attached hydrogens (tertiary/aromatic N) is 2.